The first-order valence-corrected chi connectivity index (χ1v) is 5.38. The highest BCUT2D eigenvalue weighted by Crippen LogP contribution is 2.40. The number of aryl methyl sites for hydroxylation is 1. The van der Waals surface area contributed by atoms with Crippen molar-refractivity contribution in [3.05, 3.63) is 28.3 Å². The maximum Gasteiger partial charge on any atom is 0.295 e. The first-order chi connectivity index (χ1) is 7.65. The summed E-state index contributed by atoms with van der Waals surface area (Å²) in [5.74, 6) is 0.0274. The van der Waals surface area contributed by atoms with Crippen LogP contribution in [-0.2, 0) is 6.42 Å². The molecule has 0 saturated carbocycles. The summed E-state index contributed by atoms with van der Waals surface area (Å²) in [5, 5.41) is 0.867. The molecule has 0 aromatic heterocycles. The van der Waals surface area contributed by atoms with E-state index in [2.05, 4.69) is 6.92 Å². The van der Waals surface area contributed by atoms with Gasteiger partial charge >= 0.3 is 0 Å². The van der Waals surface area contributed by atoms with Crippen molar-refractivity contribution in [3.8, 4) is 5.75 Å². The lowest BCUT2D eigenvalue weighted by atomic mass is 9.96. The number of hydrogen-bond donors (Lipinski definition) is 0. The summed E-state index contributed by atoms with van der Waals surface area (Å²) < 4.78 is 0. The lowest BCUT2D eigenvalue weighted by Gasteiger charge is -2.21. The van der Waals surface area contributed by atoms with E-state index in [0.29, 0.717) is 16.9 Å². The molecule has 1 aromatic rings. The fourth-order valence-electron chi connectivity index (χ4n) is 2.37. The van der Waals surface area contributed by atoms with Gasteiger partial charge in [-0.25, -0.2) is 0 Å². The summed E-state index contributed by atoms with van der Waals surface area (Å²) in [7, 11) is 0. The lowest BCUT2D eigenvalue weighted by Crippen LogP contribution is -2.35. The Morgan fingerprint density at radius 1 is 1.31 bits per heavy atom. The largest absolute Gasteiger partial charge is 0.368 e. The smallest absolute Gasteiger partial charge is 0.295 e. The summed E-state index contributed by atoms with van der Waals surface area (Å²) in [5.41, 5.74) is 2.83. The minimum atomic E-state index is -0.333. The molecular formula is C12H11NO3. The zero-order valence-electron chi connectivity index (χ0n) is 9.16. The van der Waals surface area contributed by atoms with Gasteiger partial charge in [0, 0.05) is 5.56 Å². The third-order valence-corrected chi connectivity index (χ3v) is 3.11. The van der Waals surface area contributed by atoms with Crippen LogP contribution in [-0.4, -0.2) is 16.9 Å². The van der Waals surface area contributed by atoms with Gasteiger partial charge in [0.2, 0.25) is 0 Å². The standard InChI is InChI=1S/C12H11NO3/c1-3-4-7-5-8-9-6(2)10(7)16-13(11(8)14)12(9)15/h5H,3-4H2,1-2H3. The Kier molecular flexibility index (Phi) is 1.67. The molecule has 3 rings (SSSR count). The van der Waals surface area contributed by atoms with E-state index in [0.717, 1.165) is 29.0 Å². The molecule has 0 fully saturated rings. The number of fused-ring (bicyclic) bond motifs is 2. The van der Waals surface area contributed by atoms with E-state index in [9.17, 15) is 9.59 Å². The van der Waals surface area contributed by atoms with E-state index in [4.69, 9.17) is 4.84 Å². The fraction of sp³-hybridized carbons (Fsp3) is 0.333. The molecule has 0 N–H and O–H groups in total. The van der Waals surface area contributed by atoms with Gasteiger partial charge in [0.15, 0.2) is 5.75 Å². The Morgan fingerprint density at radius 2 is 2.06 bits per heavy atom. The third kappa shape index (κ3) is 0.894. The van der Waals surface area contributed by atoms with Crippen LogP contribution in [0.2, 0.25) is 0 Å². The van der Waals surface area contributed by atoms with Gasteiger partial charge in [-0.05, 0) is 25.0 Å². The number of rotatable bonds is 2. The summed E-state index contributed by atoms with van der Waals surface area (Å²) in [6.07, 6.45) is 1.84. The predicted molar refractivity (Wildman–Crippen MR) is 56.3 cm³/mol. The van der Waals surface area contributed by atoms with Crippen LogP contribution in [0.4, 0.5) is 0 Å². The SMILES string of the molecule is CCCc1cc2c3c(C)c1ON(C2=O)C3=O. The normalized spacial score (nSPS) is 16.0. The molecule has 0 unspecified atom stereocenters. The zero-order valence-corrected chi connectivity index (χ0v) is 9.16. The molecule has 0 radical (unpaired) electrons. The first kappa shape index (κ1) is 9.39. The molecule has 2 aliphatic rings. The van der Waals surface area contributed by atoms with Gasteiger partial charge in [0.1, 0.15) is 0 Å². The summed E-state index contributed by atoms with van der Waals surface area (Å²) >= 11 is 0. The second kappa shape index (κ2) is 2.84. The lowest BCUT2D eigenvalue weighted by molar-refractivity contribution is -0.0167. The molecule has 16 heavy (non-hydrogen) atoms. The Balaban J connectivity index is 2.31. The Hall–Kier alpha value is -1.84. The predicted octanol–water partition coefficient (Wildman–Crippen LogP) is 1.85. The third-order valence-electron chi connectivity index (χ3n) is 3.11. The molecular weight excluding hydrogens is 206 g/mol. The van der Waals surface area contributed by atoms with Crippen LogP contribution in [0.25, 0.3) is 0 Å². The van der Waals surface area contributed by atoms with Gasteiger partial charge in [0.05, 0.1) is 11.1 Å². The fourth-order valence-corrected chi connectivity index (χ4v) is 2.37. The molecule has 4 heteroatoms. The van der Waals surface area contributed by atoms with E-state index in [1.54, 1.807) is 6.07 Å². The number of hydrogen-bond acceptors (Lipinski definition) is 3. The monoisotopic (exact) mass is 217 g/mol. The molecule has 3 bridgehead atoms. The summed E-state index contributed by atoms with van der Waals surface area (Å²) in [6.45, 7) is 3.91. The van der Waals surface area contributed by atoms with Crippen LogP contribution >= 0.6 is 0 Å². The Labute approximate surface area is 92.8 Å². The van der Waals surface area contributed by atoms with Gasteiger partial charge in [-0.15, -0.1) is 0 Å². The number of benzene rings is 1. The van der Waals surface area contributed by atoms with Gasteiger partial charge in [-0.1, -0.05) is 18.4 Å². The molecule has 2 amide bonds. The van der Waals surface area contributed by atoms with Crippen molar-refractivity contribution in [2.45, 2.75) is 26.7 Å². The van der Waals surface area contributed by atoms with Gasteiger partial charge in [0.25, 0.3) is 11.8 Å². The van der Waals surface area contributed by atoms with E-state index >= 15 is 0 Å². The molecule has 0 aliphatic carbocycles. The van der Waals surface area contributed by atoms with Crippen molar-refractivity contribution in [2.75, 3.05) is 0 Å². The number of carbonyl (C=O) groups excluding carboxylic acids is 2. The van der Waals surface area contributed by atoms with Crippen molar-refractivity contribution in [1.82, 2.24) is 5.06 Å². The average Bonchev–Trinajstić information content (AvgIpc) is 2.36. The van der Waals surface area contributed by atoms with Crippen LogP contribution in [0.15, 0.2) is 6.07 Å². The summed E-state index contributed by atoms with van der Waals surface area (Å²) in [6, 6.07) is 1.80. The highest BCUT2D eigenvalue weighted by molar-refractivity contribution is 6.22. The Morgan fingerprint density at radius 3 is 2.75 bits per heavy atom. The molecule has 82 valence electrons. The van der Waals surface area contributed by atoms with Crippen LogP contribution < -0.4 is 4.84 Å². The minimum absolute atomic E-state index is 0.326. The van der Waals surface area contributed by atoms with Crippen LogP contribution in [0, 0.1) is 6.92 Å². The molecule has 0 atom stereocenters. The second-order valence-corrected chi connectivity index (χ2v) is 4.16. The van der Waals surface area contributed by atoms with E-state index in [1.807, 2.05) is 6.92 Å². The van der Waals surface area contributed by atoms with Crippen molar-refractivity contribution in [1.29, 1.82) is 0 Å². The topological polar surface area (TPSA) is 46.6 Å². The molecule has 2 aliphatic heterocycles. The maximum absolute atomic E-state index is 11.8. The van der Waals surface area contributed by atoms with Crippen LogP contribution in [0.1, 0.15) is 45.2 Å². The van der Waals surface area contributed by atoms with Crippen molar-refractivity contribution in [3.63, 3.8) is 0 Å². The van der Waals surface area contributed by atoms with Crippen molar-refractivity contribution < 1.29 is 14.4 Å². The van der Waals surface area contributed by atoms with Gasteiger partial charge in [-0.2, -0.15) is 0 Å². The maximum atomic E-state index is 11.8. The number of nitrogens with zero attached hydrogens (tertiary/aromatic N) is 1. The van der Waals surface area contributed by atoms with E-state index < -0.39 is 0 Å². The molecule has 2 heterocycles. The molecule has 0 saturated heterocycles. The first-order valence-electron chi connectivity index (χ1n) is 5.38. The number of hydroxylamine groups is 2. The van der Waals surface area contributed by atoms with Crippen LogP contribution in [0.3, 0.4) is 0 Å². The van der Waals surface area contributed by atoms with Gasteiger partial charge in [-0.3, -0.25) is 9.59 Å². The molecule has 4 nitrogen and oxygen atoms in total. The summed E-state index contributed by atoms with van der Waals surface area (Å²) in [4.78, 5) is 28.9. The number of carbonyl (C=O) groups is 2. The van der Waals surface area contributed by atoms with Crippen LogP contribution in [0.5, 0.6) is 5.75 Å². The zero-order chi connectivity index (χ0) is 11.4. The van der Waals surface area contributed by atoms with Crippen molar-refractivity contribution in [2.24, 2.45) is 0 Å². The number of imide groups is 1. The minimum Gasteiger partial charge on any atom is -0.368 e. The van der Waals surface area contributed by atoms with E-state index in [1.165, 1.54) is 0 Å². The van der Waals surface area contributed by atoms with Gasteiger partial charge < -0.3 is 4.84 Å². The van der Waals surface area contributed by atoms with Crippen molar-refractivity contribution >= 4 is 11.8 Å². The highest BCUT2D eigenvalue weighted by atomic mass is 16.7. The average molecular weight is 217 g/mol. The molecule has 0 spiro atoms. The molecule has 1 aromatic carbocycles. The number of amides is 2. The highest BCUT2D eigenvalue weighted by Gasteiger charge is 2.45. The Bertz CT molecular complexity index is 534. The van der Waals surface area contributed by atoms with E-state index in [-0.39, 0.29) is 11.8 Å². The second-order valence-electron chi connectivity index (χ2n) is 4.16. The quantitative estimate of drug-likeness (QED) is 0.710.